The number of benzene rings is 2. The van der Waals surface area contributed by atoms with Crippen molar-refractivity contribution in [3.8, 4) is 22.9 Å². The third-order valence-electron chi connectivity index (χ3n) is 3.43. The van der Waals surface area contributed by atoms with Gasteiger partial charge in [0.15, 0.2) is 0 Å². The summed E-state index contributed by atoms with van der Waals surface area (Å²) in [6.07, 6.45) is 0. The van der Waals surface area contributed by atoms with E-state index >= 15 is 0 Å². The lowest BCUT2D eigenvalue weighted by atomic mass is 10.1. The SMILES string of the molecule is CN(C)c1ccccc1-c1nnc(-c2ccccc2C(=O)O)o1. The number of carboxylic acids is 1. The van der Waals surface area contributed by atoms with Crippen molar-refractivity contribution in [3.05, 3.63) is 54.1 Å². The molecule has 0 spiro atoms. The van der Waals surface area contributed by atoms with E-state index in [-0.39, 0.29) is 11.5 Å². The molecule has 0 atom stereocenters. The van der Waals surface area contributed by atoms with Crippen LogP contribution in [0.5, 0.6) is 0 Å². The summed E-state index contributed by atoms with van der Waals surface area (Å²) in [6.45, 7) is 0. The molecule has 1 heterocycles. The van der Waals surface area contributed by atoms with E-state index in [9.17, 15) is 9.90 Å². The van der Waals surface area contributed by atoms with E-state index in [0.29, 0.717) is 11.5 Å². The molecule has 0 aliphatic rings. The van der Waals surface area contributed by atoms with E-state index in [2.05, 4.69) is 10.2 Å². The minimum Gasteiger partial charge on any atom is -0.478 e. The summed E-state index contributed by atoms with van der Waals surface area (Å²) in [7, 11) is 3.85. The number of rotatable bonds is 4. The zero-order chi connectivity index (χ0) is 16.4. The highest BCUT2D eigenvalue weighted by atomic mass is 16.4. The number of hydrogen-bond acceptors (Lipinski definition) is 5. The Hall–Kier alpha value is -3.15. The number of anilines is 1. The molecule has 3 aromatic rings. The average molecular weight is 309 g/mol. The van der Waals surface area contributed by atoms with Crippen LogP contribution in [-0.2, 0) is 0 Å². The van der Waals surface area contributed by atoms with Crippen LogP contribution in [0.1, 0.15) is 10.4 Å². The summed E-state index contributed by atoms with van der Waals surface area (Å²) in [5, 5.41) is 17.3. The molecule has 2 aromatic carbocycles. The first-order chi connectivity index (χ1) is 11.1. The van der Waals surface area contributed by atoms with E-state index < -0.39 is 5.97 Å². The maximum Gasteiger partial charge on any atom is 0.336 e. The molecule has 1 N–H and O–H groups in total. The lowest BCUT2D eigenvalue weighted by Gasteiger charge is -2.14. The predicted molar refractivity (Wildman–Crippen MR) is 86.5 cm³/mol. The monoisotopic (exact) mass is 309 g/mol. The fourth-order valence-corrected chi connectivity index (χ4v) is 2.34. The van der Waals surface area contributed by atoms with Gasteiger partial charge >= 0.3 is 5.97 Å². The van der Waals surface area contributed by atoms with E-state index in [1.165, 1.54) is 6.07 Å². The minimum atomic E-state index is -1.03. The first-order valence-corrected chi connectivity index (χ1v) is 7.01. The van der Waals surface area contributed by atoms with Gasteiger partial charge in [-0.2, -0.15) is 0 Å². The molecule has 0 unspecified atom stereocenters. The quantitative estimate of drug-likeness (QED) is 0.797. The van der Waals surface area contributed by atoms with Crippen molar-refractivity contribution in [2.75, 3.05) is 19.0 Å². The molecule has 1 aromatic heterocycles. The fourth-order valence-electron chi connectivity index (χ4n) is 2.34. The van der Waals surface area contributed by atoms with Crippen LogP contribution in [0.15, 0.2) is 52.9 Å². The van der Waals surface area contributed by atoms with Crippen LogP contribution in [0.4, 0.5) is 5.69 Å². The lowest BCUT2D eigenvalue weighted by Crippen LogP contribution is -2.09. The highest BCUT2D eigenvalue weighted by molar-refractivity contribution is 5.94. The Morgan fingerprint density at radius 3 is 2.17 bits per heavy atom. The molecule has 0 radical (unpaired) electrons. The first-order valence-electron chi connectivity index (χ1n) is 7.01. The average Bonchev–Trinajstić information content (AvgIpc) is 3.04. The van der Waals surface area contributed by atoms with E-state index in [1.54, 1.807) is 18.2 Å². The second-order valence-corrected chi connectivity index (χ2v) is 5.17. The third-order valence-corrected chi connectivity index (χ3v) is 3.43. The molecule has 116 valence electrons. The van der Waals surface area contributed by atoms with Crippen molar-refractivity contribution in [1.82, 2.24) is 10.2 Å². The summed E-state index contributed by atoms with van der Waals surface area (Å²) >= 11 is 0. The molecule has 0 saturated heterocycles. The maximum atomic E-state index is 11.3. The Kier molecular flexibility index (Phi) is 3.80. The van der Waals surface area contributed by atoms with E-state index in [0.717, 1.165) is 11.3 Å². The Balaban J connectivity index is 2.08. The van der Waals surface area contributed by atoms with Gasteiger partial charge < -0.3 is 14.4 Å². The van der Waals surface area contributed by atoms with Crippen molar-refractivity contribution >= 4 is 11.7 Å². The van der Waals surface area contributed by atoms with Crippen LogP contribution in [-0.4, -0.2) is 35.4 Å². The van der Waals surface area contributed by atoms with E-state index in [1.807, 2.05) is 43.3 Å². The predicted octanol–water partition coefficient (Wildman–Crippen LogP) is 3.17. The van der Waals surface area contributed by atoms with Crippen LogP contribution in [0.3, 0.4) is 0 Å². The molecular weight excluding hydrogens is 294 g/mol. The van der Waals surface area contributed by atoms with Crippen LogP contribution in [0.2, 0.25) is 0 Å². The van der Waals surface area contributed by atoms with Gasteiger partial charge in [0, 0.05) is 19.8 Å². The van der Waals surface area contributed by atoms with Crippen LogP contribution < -0.4 is 4.90 Å². The molecule has 0 aliphatic heterocycles. The van der Waals surface area contributed by atoms with E-state index in [4.69, 9.17) is 4.42 Å². The Morgan fingerprint density at radius 2 is 1.52 bits per heavy atom. The maximum absolute atomic E-state index is 11.3. The standard InChI is InChI=1S/C17H15N3O3/c1-20(2)14-10-6-5-9-13(14)16-19-18-15(23-16)11-7-3-4-8-12(11)17(21)22/h3-10H,1-2H3,(H,21,22). The zero-order valence-electron chi connectivity index (χ0n) is 12.7. The van der Waals surface area contributed by atoms with Crippen molar-refractivity contribution in [2.45, 2.75) is 0 Å². The Labute approximate surface area is 133 Å². The van der Waals surface area contributed by atoms with Gasteiger partial charge in [-0.15, -0.1) is 10.2 Å². The molecule has 3 rings (SSSR count). The largest absolute Gasteiger partial charge is 0.478 e. The summed E-state index contributed by atoms with van der Waals surface area (Å²) in [5.41, 5.74) is 2.27. The topological polar surface area (TPSA) is 79.5 Å². The third kappa shape index (κ3) is 2.78. The number of para-hydroxylation sites is 1. The smallest absolute Gasteiger partial charge is 0.336 e. The second-order valence-electron chi connectivity index (χ2n) is 5.17. The van der Waals surface area contributed by atoms with Gasteiger partial charge in [-0.1, -0.05) is 24.3 Å². The second kappa shape index (κ2) is 5.92. The molecule has 6 heteroatoms. The van der Waals surface area contributed by atoms with Gasteiger partial charge in [0.1, 0.15) is 0 Å². The summed E-state index contributed by atoms with van der Waals surface area (Å²) in [6, 6.07) is 14.2. The summed E-state index contributed by atoms with van der Waals surface area (Å²) < 4.78 is 5.73. The Morgan fingerprint density at radius 1 is 0.957 bits per heavy atom. The zero-order valence-corrected chi connectivity index (χ0v) is 12.7. The van der Waals surface area contributed by atoms with Gasteiger partial charge in [-0.05, 0) is 24.3 Å². The lowest BCUT2D eigenvalue weighted by molar-refractivity contribution is 0.0697. The number of carboxylic acid groups (broad SMARTS) is 1. The van der Waals surface area contributed by atoms with Crippen molar-refractivity contribution in [1.29, 1.82) is 0 Å². The van der Waals surface area contributed by atoms with Crippen LogP contribution in [0, 0.1) is 0 Å². The first kappa shape index (κ1) is 14.8. The molecule has 0 aliphatic carbocycles. The number of nitrogens with zero attached hydrogens (tertiary/aromatic N) is 3. The molecule has 0 bridgehead atoms. The van der Waals surface area contributed by atoms with Gasteiger partial charge in [0.25, 0.3) is 0 Å². The fraction of sp³-hybridized carbons (Fsp3) is 0.118. The Bertz CT molecular complexity index is 856. The minimum absolute atomic E-state index is 0.128. The van der Waals surface area contributed by atoms with Crippen molar-refractivity contribution in [2.24, 2.45) is 0 Å². The molecule has 0 fully saturated rings. The highest BCUT2D eigenvalue weighted by Crippen LogP contribution is 2.31. The molecule has 6 nitrogen and oxygen atoms in total. The van der Waals surface area contributed by atoms with Crippen LogP contribution in [0.25, 0.3) is 22.9 Å². The normalized spacial score (nSPS) is 10.5. The van der Waals surface area contributed by atoms with Gasteiger partial charge in [0.05, 0.1) is 16.7 Å². The molecule has 0 saturated carbocycles. The number of hydrogen-bond donors (Lipinski definition) is 1. The van der Waals surface area contributed by atoms with Crippen molar-refractivity contribution < 1.29 is 14.3 Å². The summed E-state index contributed by atoms with van der Waals surface area (Å²) in [4.78, 5) is 13.3. The number of carbonyl (C=O) groups is 1. The van der Waals surface area contributed by atoms with Gasteiger partial charge in [-0.25, -0.2) is 4.79 Å². The molecule has 0 amide bonds. The molecule has 23 heavy (non-hydrogen) atoms. The highest BCUT2D eigenvalue weighted by Gasteiger charge is 2.18. The number of aromatic nitrogens is 2. The van der Waals surface area contributed by atoms with Gasteiger partial charge in [-0.3, -0.25) is 0 Å². The van der Waals surface area contributed by atoms with Gasteiger partial charge in [0.2, 0.25) is 11.8 Å². The molecular formula is C17H15N3O3. The number of aromatic carboxylic acids is 1. The van der Waals surface area contributed by atoms with Crippen LogP contribution >= 0.6 is 0 Å². The summed E-state index contributed by atoms with van der Waals surface area (Å²) in [5.74, 6) is -0.495. The van der Waals surface area contributed by atoms with Crippen molar-refractivity contribution in [3.63, 3.8) is 0 Å².